The summed E-state index contributed by atoms with van der Waals surface area (Å²) in [6.07, 6.45) is 7.37. The zero-order chi connectivity index (χ0) is 13.5. The minimum absolute atomic E-state index is 0.201. The molecule has 104 valence electrons. The summed E-state index contributed by atoms with van der Waals surface area (Å²) in [5.41, 5.74) is 5.90. The van der Waals surface area contributed by atoms with Crippen LogP contribution in [0.2, 0.25) is 0 Å². The van der Waals surface area contributed by atoms with Crippen LogP contribution in [-0.2, 0) is 0 Å². The van der Waals surface area contributed by atoms with Crippen LogP contribution in [-0.4, -0.2) is 18.1 Å². The Morgan fingerprint density at radius 3 is 2.32 bits per heavy atom. The normalized spacial score (nSPS) is 22.1. The Kier molecular flexibility index (Phi) is 3.07. The van der Waals surface area contributed by atoms with Gasteiger partial charge in [-0.2, -0.15) is 0 Å². The van der Waals surface area contributed by atoms with Gasteiger partial charge in [-0.15, -0.1) is 0 Å². The summed E-state index contributed by atoms with van der Waals surface area (Å²) >= 11 is 0. The van der Waals surface area contributed by atoms with Gasteiger partial charge in [-0.05, 0) is 31.1 Å². The Bertz CT molecular complexity index is 474. The maximum Gasteiger partial charge on any atom is 0.168 e. The molecule has 1 saturated heterocycles. The minimum atomic E-state index is -0.787. The fourth-order valence-electron chi connectivity index (χ4n) is 3.51. The first kappa shape index (κ1) is 12.6. The summed E-state index contributed by atoms with van der Waals surface area (Å²) in [5, 5.41) is 0. The molecule has 2 aliphatic rings. The van der Waals surface area contributed by atoms with Crippen LogP contribution in [0.1, 0.15) is 38.5 Å². The van der Waals surface area contributed by atoms with E-state index in [1.54, 1.807) is 0 Å². The summed E-state index contributed by atoms with van der Waals surface area (Å²) in [6, 6.07) is 0.831. The van der Waals surface area contributed by atoms with E-state index in [0.29, 0.717) is 5.41 Å². The van der Waals surface area contributed by atoms with Gasteiger partial charge in [-0.1, -0.05) is 12.8 Å². The number of rotatable bonds is 1. The second kappa shape index (κ2) is 4.62. The van der Waals surface area contributed by atoms with E-state index in [1.165, 1.54) is 25.7 Å². The minimum Gasteiger partial charge on any atom is -0.381 e. The summed E-state index contributed by atoms with van der Waals surface area (Å²) in [6.45, 7) is 1.57. The van der Waals surface area contributed by atoms with Gasteiger partial charge in [0.05, 0.1) is 0 Å². The van der Waals surface area contributed by atoms with Gasteiger partial charge in [0.25, 0.3) is 0 Å². The van der Waals surface area contributed by atoms with E-state index in [2.05, 4.69) is 4.98 Å². The molecule has 3 rings (SSSR count). The fraction of sp³-hybridized carbons (Fsp3) is 0.643. The second-order valence-corrected chi connectivity index (χ2v) is 5.86. The molecule has 1 spiro atoms. The van der Waals surface area contributed by atoms with Gasteiger partial charge >= 0.3 is 0 Å². The van der Waals surface area contributed by atoms with Crippen LogP contribution in [0.5, 0.6) is 0 Å². The maximum absolute atomic E-state index is 13.8. The Balaban J connectivity index is 1.76. The maximum atomic E-state index is 13.8. The lowest BCUT2D eigenvalue weighted by Gasteiger charge is -2.40. The summed E-state index contributed by atoms with van der Waals surface area (Å²) in [7, 11) is 0. The highest BCUT2D eigenvalue weighted by molar-refractivity contribution is 5.47. The van der Waals surface area contributed by atoms with E-state index in [1.807, 2.05) is 4.90 Å². The van der Waals surface area contributed by atoms with Gasteiger partial charge in [-0.3, -0.25) is 0 Å². The highest BCUT2D eigenvalue weighted by Gasteiger charge is 2.37. The average molecular weight is 267 g/mol. The predicted octanol–water partition coefficient (Wildman–Crippen LogP) is 3.10. The molecule has 0 unspecified atom stereocenters. The van der Waals surface area contributed by atoms with Crippen molar-refractivity contribution < 1.29 is 8.78 Å². The molecule has 1 aromatic rings. The van der Waals surface area contributed by atoms with Crippen LogP contribution >= 0.6 is 0 Å². The van der Waals surface area contributed by atoms with Crippen LogP contribution in [0.25, 0.3) is 0 Å². The highest BCUT2D eigenvalue weighted by atomic mass is 19.1. The monoisotopic (exact) mass is 267 g/mol. The van der Waals surface area contributed by atoms with Crippen LogP contribution in [0.4, 0.5) is 20.4 Å². The number of halogens is 2. The quantitative estimate of drug-likeness (QED) is 0.850. The molecule has 0 atom stereocenters. The lowest BCUT2D eigenvalue weighted by Crippen LogP contribution is -2.39. The first-order valence-electron chi connectivity index (χ1n) is 6.96. The number of aromatic nitrogens is 1. The Labute approximate surface area is 111 Å². The third kappa shape index (κ3) is 2.26. The zero-order valence-corrected chi connectivity index (χ0v) is 11.0. The number of hydrogen-bond donors (Lipinski definition) is 1. The van der Waals surface area contributed by atoms with Crippen molar-refractivity contribution in [3.63, 3.8) is 0 Å². The SMILES string of the molecule is Nc1nc(N2CCC3(CCCC3)CC2)c(F)cc1F. The van der Waals surface area contributed by atoms with E-state index in [-0.39, 0.29) is 11.6 Å². The molecule has 3 nitrogen and oxygen atoms in total. The first-order chi connectivity index (χ1) is 9.10. The van der Waals surface area contributed by atoms with Crippen molar-refractivity contribution in [3.05, 3.63) is 17.7 Å². The van der Waals surface area contributed by atoms with Crippen LogP contribution < -0.4 is 10.6 Å². The van der Waals surface area contributed by atoms with E-state index >= 15 is 0 Å². The van der Waals surface area contributed by atoms with E-state index in [0.717, 1.165) is 32.0 Å². The molecule has 0 bridgehead atoms. The van der Waals surface area contributed by atoms with Gasteiger partial charge in [0, 0.05) is 19.2 Å². The number of hydrogen-bond acceptors (Lipinski definition) is 3. The molecule has 0 aromatic carbocycles. The van der Waals surface area contributed by atoms with Gasteiger partial charge in [-0.25, -0.2) is 13.8 Å². The highest BCUT2D eigenvalue weighted by Crippen LogP contribution is 2.46. The number of nitrogen functional groups attached to an aromatic ring is 1. The molecule has 1 aliphatic carbocycles. The Morgan fingerprint density at radius 2 is 1.68 bits per heavy atom. The number of nitrogens with zero attached hydrogens (tertiary/aromatic N) is 2. The van der Waals surface area contributed by atoms with Crippen molar-refractivity contribution in [2.45, 2.75) is 38.5 Å². The molecule has 2 N–H and O–H groups in total. The molecule has 0 amide bonds. The lowest BCUT2D eigenvalue weighted by atomic mass is 9.77. The van der Waals surface area contributed by atoms with E-state index < -0.39 is 11.6 Å². The van der Waals surface area contributed by atoms with E-state index in [9.17, 15) is 8.78 Å². The largest absolute Gasteiger partial charge is 0.381 e. The standard InChI is InChI=1S/C14H19F2N3/c15-10-9-11(16)13(18-12(10)17)19-7-5-14(6-8-19)3-1-2-4-14/h9H,1-8H2,(H2,17,18). The number of nitrogens with two attached hydrogens (primary N) is 1. The zero-order valence-electron chi connectivity index (χ0n) is 11.0. The molecule has 1 aromatic heterocycles. The number of anilines is 2. The van der Waals surface area contributed by atoms with Crippen LogP contribution in [0.15, 0.2) is 6.07 Å². The molecule has 5 heteroatoms. The van der Waals surface area contributed by atoms with Crippen molar-refractivity contribution >= 4 is 11.6 Å². The molecular weight excluding hydrogens is 248 g/mol. The van der Waals surface area contributed by atoms with Crippen molar-refractivity contribution in [3.8, 4) is 0 Å². The van der Waals surface area contributed by atoms with Gasteiger partial charge < -0.3 is 10.6 Å². The van der Waals surface area contributed by atoms with Crippen LogP contribution in [0.3, 0.4) is 0 Å². The van der Waals surface area contributed by atoms with Crippen LogP contribution in [0, 0.1) is 17.0 Å². The molecule has 2 fully saturated rings. The summed E-state index contributed by atoms with van der Waals surface area (Å²) < 4.78 is 26.9. The summed E-state index contributed by atoms with van der Waals surface area (Å²) in [5.74, 6) is -1.43. The number of pyridine rings is 1. The van der Waals surface area contributed by atoms with E-state index in [4.69, 9.17) is 5.73 Å². The van der Waals surface area contributed by atoms with Crippen molar-refractivity contribution in [1.29, 1.82) is 0 Å². The molecule has 0 radical (unpaired) electrons. The Hall–Kier alpha value is -1.39. The van der Waals surface area contributed by atoms with Crippen molar-refractivity contribution in [1.82, 2.24) is 4.98 Å². The topological polar surface area (TPSA) is 42.1 Å². The third-order valence-corrected chi connectivity index (χ3v) is 4.73. The van der Waals surface area contributed by atoms with Gasteiger partial charge in [0.15, 0.2) is 23.3 Å². The molecular formula is C14H19F2N3. The first-order valence-corrected chi connectivity index (χ1v) is 6.96. The number of piperidine rings is 1. The second-order valence-electron chi connectivity index (χ2n) is 5.86. The summed E-state index contributed by atoms with van der Waals surface area (Å²) in [4.78, 5) is 5.76. The molecule has 1 aliphatic heterocycles. The fourth-order valence-corrected chi connectivity index (χ4v) is 3.51. The van der Waals surface area contributed by atoms with Crippen molar-refractivity contribution in [2.24, 2.45) is 5.41 Å². The molecule has 19 heavy (non-hydrogen) atoms. The van der Waals surface area contributed by atoms with Crippen molar-refractivity contribution in [2.75, 3.05) is 23.7 Å². The van der Waals surface area contributed by atoms with Gasteiger partial charge in [0.2, 0.25) is 0 Å². The lowest BCUT2D eigenvalue weighted by molar-refractivity contribution is 0.225. The molecule has 1 saturated carbocycles. The average Bonchev–Trinajstić information content (AvgIpc) is 2.84. The molecule has 2 heterocycles. The third-order valence-electron chi connectivity index (χ3n) is 4.73. The van der Waals surface area contributed by atoms with Gasteiger partial charge in [0.1, 0.15) is 0 Å². The smallest absolute Gasteiger partial charge is 0.168 e. The predicted molar refractivity (Wildman–Crippen MR) is 70.9 cm³/mol. The Morgan fingerprint density at radius 1 is 1.05 bits per heavy atom.